The first-order valence-corrected chi connectivity index (χ1v) is 6.86. The molecule has 3 rings (SSSR count). The van der Waals surface area contributed by atoms with Gasteiger partial charge in [0.1, 0.15) is 5.82 Å². The van der Waals surface area contributed by atoms with Gasteiger partial charge in [0.15, 0.2) is 0 Å². The van der Waals surface area contributed by atoms with Crippen LogP contribution >= 0.6 is 0 Å². The van der Waals surface area contributed by atoms with Crippen molar-refractivity contribution in [1.82, 2.24) is 14.9 Å². The molecule has 1 N–H and O–H groups in total. The third-order valence-corrected chi connectivity index (χ3v) is 3.99. The Morgan fingerprint density at radius 2 is 2.06 bits per heavy atom. The van der Waals surface area contributed by atoms with Crippen molar-refractivity contribution in [3.05, 3.63) is 30.1 Å². The van der Waals surface area contributed by atoms with Crippen LogP contribution in [0, 0.1) is 5.92 Å². The van der Waals surface area contributed by atoms with E-state index in [0.29, 0.717) is 17.9 Å². The van der Waals surface area contributed by atoms with E-state index in [1.165, 1.54) is 11.3 Å². The monoisotopic (exact) mass is 243 g/mol. The number of imidazole rings is 1. The van der Waals surface area contributed by atoms with Crippen molar-refractivity contribution in [3.63, 3.8) is 0 Å². The van der Waals surface area contributed by atoms with E-state index in [1.54, 1.807) is 0 Å². The zero-order valence-corrected chi connectivity index (χ0v) is 11.4. The van der Waals surface area contributed by atoms with Crippen LogP contribution < -0.4 is 5.32 Å². The minimum absolute atomic E-state index is 0.459. The molecule has 1 aromatic heterocycles. The molecule has 0 aliphatic carbocycles. The molecule has 1 aromatic carbocycles. The number of nitrogens with one attached hydrogen (secondary N) is 1. The molecule has 1 aliphatic rings. The van der Waals surface area contributed by atoms with Gasteiger partial charge in [-0.15, -0.1) is 0 Å². The largest absolute Gasteiger partial charge is 0.325 e. The molecule has 2 atom stereocenters. The van der Waals surface area contributed by atoms with Crippen LogP contribution in [0.3, 0.4) is 0 Å². The summed E-state index contributed by atoms with van der Waals surface area (Å²) in [6.07, 6.45) is 0. The summed E-state index contributed by atoms with van der Waals surface area (Å²) in [5, 5.41) is 3.48. The van der Waals surface area contributed by atoms with Crippen LogP contribution in [-0.4, -0.2) is 22.6 Å². The number of nitrogens with zero attached hydrogens (tertiary/aromatic N) is 2. The quantitative estimate of drug-likeness (QED) is 0.879. The molecule has 0 bridgehead atoms. The minimum atomic E-state index is 0.459. The molecule has 2 aromatic rings. The highest BCUT2D eigenvalue weighted by molar-refractivity contribution is 5.76. The number of fused-ring (bicyclic) bond motifs is 1. The second-order valence-electron chi connectivity index (χ2n) is 5.66. The lowest BCUT2D eigenvalue weighted by Gasteiger charge is -2.19. The Labute approximate surface area is 108 Å². The molecule has 0 spiro atoms. The van der Waals surface area contributed by atoms with Gasteiger partial charge in [-0.2, -0.15) is 0 Å². The zero-order chi connectivity index (χ0) is 12.7. The maximum absolute atomic E-state index is 4.89. The predicted octanol–water partition coefficient (Wildman–Crippen LogP) is 2.94. The van der Waals surface area contributed by atoms with E-state index in [9.17, 15) is 0 Å². The minimum Gasteiger partial charge on any atom is -0.325 e. The third-order valence-electron chi connectivity index (χ3n) is 3.99. The molecule has 2 heterocycles. The summed E-state index contributed by atoms with van der Waals surface area (Å²) in [6, 6.07) is 8.92. The second kappa shape index (κ2) is 4.39. The Morgan fingerprint density at radius 3 is 2.72 bits per heavy atom. The molecule has 0 amide bonds. The lowest BCUT2D eigenvalue weighted by atomic mass is 9.97. The van der Waals surface area contributed by atoms with Gasteiger partial charge in [0.25, 0.3) is 0 Å². The first-order valence-electron chi connectivity index (χ1n) is 6.86. The van der Waals surface area contributed by atoms with Gasteiger partial charge in [-0.1, -0.05) is 19.1 Å². The van der Waals surface area contributed by atoms with Gasteiger partial charge >= 0.3 is 0 Å². The van der Waals surface area contributed by atoms with Gasteiger partial charge in [0.2, 0.25) is 0 Å². The molecule has 1 aliphatic heterocycles. The van der Waals surface area contributed by atoms with E-state index >= 15 is 0 Å². The Morgan fingerprint density at radius 1 is 1.28 bits per heavy atom. The highest BCUT2D eigenvalue weighted by atomic mass is 15.1. The summed E-state index contributed by atoms with van der Waals surface area (Å²) in [4.78, 5) is 4.89. The molecule has 96 valence electrons. The van der Waals surface area contributed by atoms with Crippen LogP contribution in [0.15, 0.2) is 24.3 Å². The third kappa shape index (κ3) is 1.74. The number of hydrogen-bond donors (Lipinski definition) is 1. The van der Waals surface area contributed by atoms with Crippen molar-refractivity contribution in [2.24, 2.45) is 5.92 Å². The first-order chi connectivity index (χ1) is 8.68. The summed E-state index contributed by atoms with van der Waals surface area (Å²) in [7, 11) is 0. The smallest absolute Gasteiger partial charge is 0.114 e. The Hall–Kier alpha value is -1.35. The highest BCUT2D eigenvalue weighted by Gasteiger charge is 2.29. The molecule has 1 fully saturated rings. The first kappa shape index (κ1) is 11.7. The number of para-hydroxylation sites is 2. The van der Waals surface area contributed by atoms with Crippen molar-refractivity contribution >= 4 is 11.0 Å². The van der Waals surface area contributed by atoms with E-state index in [0.717, 1.165) is 18.6 Å². The molecule has 0 saturated carbocycles. The summed E-state index contributed by atoms with van der Waals surface area (Å²) in [6.45, 7) is 8.95. The van der Waals surface area contributed by atoms with Crippen LogP contribution in [0.2, 0.25) is 0 Å². The zero-order valence-electron chi connectivity index (χ0n) is 11.4. The van der Waals surface area contributed by atoms with Crippen LogP contribution in [0.4, 0.5) is 0 Å². The van der Waals surface area contributed by atoms with E-state index in [2.05, 4.69) is 54.9 Å². The van der Waals surface area contributed by atoms with E-state index in [1.807, 2.05) is 0 Å². The van der Waals surface area contributed by atoms with Crippen LogP contribution in [0.25, 0.3) is 11.0 Å². The molecular formula is C15H21N3. The molecule has 0 radical (unpaired) electrons. The summed E-state index contributed by atoms with van der Waals surface area (Å²) in [5.41, 5.74) is 2.39. The molecule has 0 unspecified atom stereocenters. The standard InChI is InChI=1S/C15H21N3/c1-10(2)18-14-7-5-4-6-13(14)17-15(18)12-9-16-8-11(12)3/h4-7,10-12,16H,8-9H2,1-3H3/t11-,12-/m1/s1. The molecule has 18 heavy (non-hydrogen) atoms. The fourth-order valence-corrected chi connectivity index (χ4v) is 3.02. The average Bonchev–Trinajstić information content (AvgIpc) is 2.91. The lowest BCUT2D eigenvalue weighted by molar-refractivity contribution is 0.492. The van der Waals surface area contributed by atoms with Gasteiger partial charge in [0.05, 0.1) is 11.0 Å². The second-order valence-corrected chi connectivity index (χ2v) is 5.66. The predicted molar refractivity (Wildman–Crippen MR) is 74.9 cm³/mol. The number of benzene rings is 1. The van der Waals surface area contributed by atoms with E-state index in [4.69, 9.17) is 4.98 Å². The summed E-state index contributed by atoms with van der Waals surface area (Å²) < 4.78 is 2.41. The number of rotatable bonds is 2. The van der Waals surface area contributed by atoms with Gasteiger partial charge in [-0.05, 0) is 38.4 Å². The van der Waals surface area contributed by atoms with Crippen molar-refractivity contribution < 1.29 is 0 Å². The van der Waals surface area contributed by atoms with Gasteiger partial charge in [-0.25, -0.2) is 4.98 Å². The topological polar surface area (TPSA) is 29.9 Å². The normalized spacial score (nSPS) is 24.2. The average molecular weight is 243 g/mol. The van der Waals surface area contributed by atoms with E-state index < -0.39 is 0 Å². The number of aromatic nitrogens is 2. The van der Waals surface area contributed by atoms with Crippen molar-refractivity contribution in [3.8, 4) is 0 Å². The molecular weight excluding hydrogens is 222 g/mol. The number of hydrogen-bond acceptors (Lipinski definition) is 2. The molecule has 1 saturated heterocycles. The van der Waals surface area contributed by atoms with Crippen molar-refractivity contribution in [1.29, 1.82) is 0 Å². The van der Waals surface area contributed by atoms with Gasteiger partial charge in [-0.3, -0.25) is 0 Å². The Kier molecular flexibility index (Phi) is 2.86. The Balaban J connectivity index is 2.18. The molecule has 3 nitrogen and oxygen atoms in total. The SMILES string of the molecule is CC(C)n1c([C@@H]2CNC[C@H]2C)nc2ccccc21. The van der Waals surface area contributed by atoms with Crippen molar-refractivity contribution in [2.75, 3.05) is 13.1 Å². The van der Waals surface area contributed by atoms with Crippen LogP contribution in [0.1, 0.15) is 38.6 Å². The van der Waals surface area contributed by atoms with Gasteiger partial charge in [0, 0.05) is 18.5 Å². The lowest BCUT2D eigenvalue weighted by Crippen LogP contribution is -2.16. The summed E-state index contributed by atoms with van der Waals surface area (Å²) in [5.74, 6) is 2.46. The fraction of sp³-hybridized carbons (Fsp3) is 0.533. The van der Waals surface area contributed by atoms with Gasteiger partial charge < -0.3 is 9.88 Å². The van der Waals surface area contributed by atoms with Crippen molar-refractivity contribution in [2.45, 2.75) is 32.7 Å². The fourth-order valence-electron chi connectivity index (χ4n) is 3.02. The van der Waals surface area contributed by atoms with Crippen LogP contribution in [-0.2, 0) is 0 Å². The maximum Gasteiger partial charge on any atom is 0.114 e. The molecule has 3 heteroatoms. The highest BCUT2D eigenvalue weighted by Crippen LogP contribution is 2.31. The van der Waals surface area contributed by atoms with E-state index in [-0.39, 0.29) is 0 Å². The maximum atomic E-state index is 4.89. The van der Waals surface area contributed by atoms with Crippen LogP contribution in [0.5, 0.6) is 0 Å². The Bertz CT molecular complexity index is 556. The summed E-state index contributed by atoms with van der Waals surface area (Å²) >= 11 is 0.